The fourth-order valence-electron chi connectivity index (χ4n) is 4.63. The molecule has 2 unspecified atom stereocenters. The first-order chi connectivity index (χ1) is 19.0. The Morgan fingerprint density at radius 1 is 1.12 bits per heavy atom. The van der Waals surface area contributed by atoms with Crippen LogP contribution < -0.4 is 20.8 Å². The standard InChI is InChI=1S/C24H28B2N4O10/c1-2-29-10-11-30(22(33)21(29)32)24(36)28-18(13-6-8-15(9-7-13)25(37)38)20(31)27-17-12-14-4-3-5-16(23(34)35)19(14)40-26(17)39/h3-9,17-18,24,28,36-39H,2,10-12H2,1H3,(H,27,31)(H,34,35)/t17-,18?,24?/m0/s1. The quantitative estimate of drug-likeness (QED) is 0.0933. The SMILES string of the molecule is CCN1CCN(C(O)NC(C(=O)N[C@H]2Cc3cccc(C(=O)O)c3OB2O)c2ccc(B(O)O)cc2)C(=O)C1=O. The Morgan fingerprint density at radius 2 is 1.82 bits per heavy atom. The van der Waals surface area contributed by atoms with Gasteiger partial charge in [0.05, 0.1) is 11.5 Å². The monoisotopic (exact) mass is 554 g/mol. The first kappa shape index (κ1) is 29.0. The number of hydrogen-bond acceptors (Lipinski definition) is 10. The van der Waals surface area contributed by atoms with E-state index >= 15 is 0 Å². The van der Waals surface area contributed by atoms with Crippen LogP contribution in [0.15, 0.2) is 42.5 Å². The lowest BCUT2D eigenvalue weighted by molar-refractivity contribution is -0.166. The number of carboxylic acid groups (broad SMARTS) is 1. The highest BCUT2D eigenvalue weighted by Crippen LogP contribution is 2.30. The van der Waals surface area contributed by atoms with Crippen molar-refractivity contribution in [3.63, 3.8) is 0 Å². The van der Waals surface area contributed by atoms with Crippen LogP contribution >= 0.6 is 0 Å². The Bertz CT molecular complexity index is 1290. The zero-order chi connectivity index (χ0) is 29.1. The van der Waals surface area contributed by atoms with Gasteiger partial charge >= 0.3 is 32.0 Å². The predicted octanol–water partition coefficient (Wildman–Crippen LogP) is -3.20. The Balaban J connectivity index is 1.56. The van der Waals surface area contributed by atoms with Gasteiger partial charge in [-0.25, -0.2) is 4.79 Å². The van der Waals surface area contributed by atoms with Gasteiger partial charge in [0.25, 0.3) is 0 Å². The van der Waals surface area contributed by atoms with E-state index < -0.39 is 56.3 Å². The number of para-hydroxylation sites is 1. The van der Waals surface area contributed by atoms with Crippen molar-refractivity contribution in [1.82, 2.24) is 20.4 Å². The van der Waals surface area contributed by atoms with Gasteiger partial charge < -0.3 is 40.2 Å². The van der Waals surface area contributed by atoms with Gasteiger partial charge in [-0.05, 0) is 36.0 Å². The lowest BCUT2D eigenvalue weighted by Crippen LogP contribution is -2.62. The number of benzene rings is 2. The van der Waals surface area contributed by atoms with Crippen molar-refractivity contribution < 1.29 is 49.1 Å². The number of aliphatic hydroxyl groups excluding tert-OH is 1. The average molecular weight is 554 g/mol. The number of rotatable bonds is 9. The van der Waals surface area contributed by atoms with E-state index in [1.54, 1.807) is 13.0 Å². The molecule has 3 amide bonds. The summed E-state index contributed by atoms with van der Waals surface area (Å²) in [7, 11) is -3.36. The summed E-state index contributed by atoms with van der Waals surface area (Å²) in [6.07, 6.45) is -1.72. The van der Waals surface area contributed by atoms with Crippen LogP contribution in [-0.4, -0.2) is 105 Å². The summed E-state index contributed by atoms with van der Waals surface area (Å²) in [6, 6.07) is 8.61. The molecule has 210 valence electrons. The Morgan fingerprint density at radius 3 is 2.45 bits per heavy atom. The number of fused-ring (bicyclic) bond motifs is 1. The second-order valence-electron chi connectivity index (χ2n) is 9.32. The fraction of sp³-hybridized carbons (Fsp3) is 0.333. The summed E-state index contributed by atoms with van der Waals surface area (Å²) >= 11 is 0. The van der Waals surface area contributed by atoms with E-state index in [2.05, 4.69) is 10.6 Å². The van der Waals surface area contributed by atoms with Gasteiger partial charge in [-0.1, -0.05) is 36.4 Å². The second kappa shape index (κ2) is 12.1. The predicted molar refractivity (Wildman–Crippen MR) is 140 cm³/mol. The van der Waals surface area contributed by atoms with Gasteiger partial charge in [-0.2, -0.15) is 0 Å². The molecule has 3 atom stereocenters. The topological polar surface area (TPSA) is 209 Å². The normalized spacial score (nSPS) is 18.5. The molecule has 0 aliphatic carbocycles. The van der Waals surface area contributed by atoms with Crippen molar-refractivity contribution in [3.8, 4) is 5.75 Å². The van der Waals surface area contributed by atoms with Crippen LogP contribution in [0.2, 0.25) is 0 Å². The third-order valence-electron chi connectivity index (χ3n) is 6.84. The zero-order valence-electron chi connectivity index (χ0n) is 21.4. The van der Waals surface area contributed by atoms with Crippen molar-refractivity contribution in [3.05, 3.63) is 59.2 Å². The molecule has 2 heterocycles. The molecular weight excluding hydrogens is 526 g/mol. The number of nitrogens with zero attached hydrogens (tertiary/aromatic N) is 2. The maximum Gasteiger partial charge on any atom is 0.547 e. The summed E-state index contributed by atoms with van der Waals surface area (Å²) in [5, 5.41) is 54.9. The molecule has 0 saturated carbocycles. The molecule has 2 aromatic carbocycles. The maximum atomic E-state index is 13.5. The van der Waals surface area contributed by atoms with Gasteiger partial charge in [0.2, 0.25) is 5.91 Å². The minimum atomic E-state index is -1.76. The summed E-state index contributed by atoms with van der Waals surface area (Å²) in [6.45, 7) is 2.23. The van der Waals surface area contributed by atoms with Gasteiger partial charge in [0, 0.05) is 19.6 Å². The van der Waals surface area contributed by atoms with Crippen molar-refractivity contribution in [1.29, 1.82) is 0 Å². The van der Waals surface area contributed by atoms with Crippen LogP contribution in [0.4, 0.5) is 0 Å². The number of carboxylic acids is 1. The van der Waals surface area contributed by atoms with E-state index in [9.17, 15) is 44.5 Å². The molecule has 0 bridgehead atoms. The molecule has 0 aromatic heterocycles. The highest BCUT2D eigenvalue weighted by atomic mass is 16.5. The molecule has 0 spiro atoms. The van der Waals surface area contributed by atoms with Gasteiger partial charge in [0.15, 0.2) is 6.35 Å². The van der Waals surface area contributed by atoms with E-state index in [-0.39, 0.29) is 41.8 Å². The van der Waals surface area contributed by atoms with Crippen molar-refractivity contribution in [2.75, 3.05) is 19.6 Å². The van der Waals surface area contributed by atoms with E-state index in [4.69, 9.17) is 4.65 Å². The first-order valence-corrected chi connectivity index (χ1v) is 12.5. The van der Waals surface area contributed by atoms with E-state index in [1.807, 2.05) is 0 Å². The summed E-state index contributed by atoms with van der Waals surface area (Å²) in [5.41, 5.74) is 0.699. The zero-order valence-corrected chi connectivity index (χ0v) is 21.4. The molecule has 2 aliphatic rings. The number of aromatic carboxylic acids is 1. The minimum absolute atomic E-state index is 0.00837. The molecule has 40 heavy (non-hydrogen) atoms. The van der Waals surface area contributed by atoms with Gasteiger partial charge in [-0.15, -0.1) is 0 Å². The van der Waals surface area contributed by atoms with Crippen molar-refractivity contribution in [2.24, 2.45) is 0 Å². The molecular formula is C24H28B2N4O10. The number of likely N-dealkylation sites (N-methyl/N-ethyl adjacent to an activating group) is 1. The molecule has 16 heteroatoms. The van der Waals surface area contributed by atoms with Crippen LogP contribution in [0.5, 0.6) is 5.75 Å². The fourth-order valence-corrected chi connectivity index (χ4v) is 4.63. The smallest absolute Gasteiger partial charge is 0.534 e. The molecule has 4 rings (SSSR count). The summed E-state index contributed by atoms with van der Waals surface area (Å²) < 4.78 is 5.43. The highest BCUT2D eigenvalue weighted by Gasteiger charge is 2.41. The number of piperazine rings is 1. The first-order valence-electron chi connectivity index (χ1n) is 12.5. The van der Waals surface area contributed by atoms with Gasteiger partial charge in [0.1, 0.15) is 11.8 Å². The van der Waals surface area contributed by atoms with Crippen LogP contribution in [0.25, 0.3) is 0 Å². The third-order valence-corrected chi connectivity index (χ3v) is 6.84. The van der Waals surface area contributed by atoms with Crippen LogP contribution in [0.3, 0.4) is 0 Å². The van der Waals surface area contributed by atoms with Crippen LogP contribution in [0.1, 0.15) is 34.5 Å². The number of carbonyl (C=O) groups is 4. The number of aliphatic hydroxyl groups is 1. The summed E-state index contributed by atoms with van der Waals surface area (Å²) in [5.74, 6) is -4.76. The molecule has 2 aliphatic heterocycles. The second-order valence-corrected chi connectivity index (χ2v) is 9.32. The van der Waals surface area contributed by atoms with Crippen LogP contribution in [0, 0.1) is 0 Å². The molecule has 7 N–H and O–H groups in total. The molecule has 1 saturated heterocycles. The molecule has 2 aromatic rings. The lowest BCUT2D eigenvalue weighted by atomic mass is 9.72. The summed E-state index contributed by atoms with van der Waals surface area (Å²) in [4.78, 5) is 52.1. The molecule has 0 radical (unpaired) electrons. The Hall–Kier alpha value is -3.95. The number of nitrogens with one attached hydrogen (secondary N) is 2. The van der Waals surface area contributed by atoms with Crippen molar-refractivity contribution in [2.45, 2.75) is 31.7 Å². The molecule has 1 fully saturated rings. The molecule has 14 nitrogen and oxygen atoms in total. The Labute approximate surface area is 229 Å². The van der Waals surface area contributed by atoms with Crippen LogP contribution in [-0.2, 0) is 20.8 Å². The Kier molecular flexibility index (Phi) is 8.76. The lowest BCUT2D eigenvalue weighted by Gasteiger charge is -2.37. The number of amides is 3. The van der Waals surface area contributed by atoms with E-state index in [0.29, 0.717) is 12.1 Å². The van der Waals surface area contributed by atoms with E-state index in [1.165, 1.54) is 41.3 Å². The number of carbonyl (C=O) groups excluding carboxylic acids is 3. The largest absolute Gasteiger partial charge is 0.547 e. The third kappa shape index (κ3) is 5.95. The maximum absolute atomic E-state index is 13.5. The highest BCUT2D eigenvalue weighted by molar-refractivity contribution is 6.58. The van der Waals surface area contributed by atoms with Gasteiger partial charge in [-0.3, -0.25) is 24.6 Å². The minimum Gasteiger partial charge on any atom is -0.534 e. The number of hydrogen-bond donors (Lipinski definition) is 7. The van der Waals surface area contributed by atoms with Crippen molar-refractivity contribution >= 4 is 43.4 Å². The van der Waals surface area contributed by atoms with E-state index in [0.717, 1.165) is 4.90 Å². The average Bonchev–Trinajstić information content (AvgIpc) is 2.93.